The van der Waals surface area contributed by atoms with E-state index in [4.69, 9.17) is 0 Å². The number of carbonyl (C=O) groups excluding carboxylic acids is 1. The van der Waals surface area contributed by atoms with Gasteiger partial charge in [-0.2, -0.15) is 0 Å². The van der Waals surface area contributed by atoms with Crippen LogP contribution in [0, 0.1) is 0 Å². The van der Waals surface area contributed by atoms with E-state index < -0.39 is 0 Å². The van der Waals surface area contributed by atoms with Gasteiger partial charge in [0.05, 0.1) is 0 Å². The summed E-state index contributed by atoms with van der Waals surface area (Å²) in [4.78, 5) is 14.6. The molecule has 0 saturated heterocycles. The molecule has 0 unspecified atom stereocenters. The maximum atomic E-state index is 11.7. The van der Waals surface area contributed by atoms with Gasteiger partial charge in [-0.05, 0) is 60.9 Å². The van der Waals surface area contributed by atoms with E-state index in [1.165, 1.54) is 11.3 Å². The summed E-state index contributed by atoms with van der Waals surface area (Å²) < 4.78 is 0.878. The molecule has 0 atom stereocenters. The molecule has 3 nitrogen and oxygen atoms in total. The molecule has 5 heteroatoms. The van der Waals surface area contributed by atoms with E-state index in [2.05, 4.69) is 40.2 Å². The molecule has 90 valence electrons. The molecule has 1 rings (SSSR count). The van der Waals surface area contributed by atoms with Crippen LogP contribution < -0.4 is 5.32 Å². The number of hydrogen-bond donors (Lipinski definition) is 1. The third-order valence-electron chi connectivity index (χ3n) is 2.14. The third-order valence-corrected chi connectivity index (χ3v) is 3.98. The lowest BCUT2D eigenvalue weighted by Gasteiger charge is -2.09. The molecular formula is C11H17BrN2OS. The lowest BCUT2D eigenvalue weighted by Crippen LogP contribution is -2.24. The van der Waals surface area contributed by atoms with Crippen LogP contribution >= 0.6 is 27.3 Å². The van der Waals surface area contributed by atoms with Crippen LogP contribution in [0.5, 0.6) is 0 Å². The highest BCUT2D eigenvalue weighted by Crippen LogP contribution is 2.22. The molecule has 0 saturated carbocycles. The summed E-state index contributed by atoms with van der Waals surface area (Å²) in [5, 5.41) is 4.83. The third kappa shape index (κ3) is 4.63. The van der Waals surface area contributed by atoms with Crippen molar-refractivity contribution in [3.63, 3.8) is 0 Å². The lowest BCUT2D eigenvalue weighted by molar-refractivity contribution is 0.0956. The fourth-order valence-electron chi connectivity index (χ4n) is 1.29. The Balaban J connectivity index is 2.19. The number of rotatable bonds is 6. The molecule has 1 aromatic heterocycles. The van der Waals surface area contributed by atoms with Crippen LogP contribution in [0.4, 0.5) is 0 Å². The van der Waals surface area contributed by atoms with Crippen LogP contribution in [0.2, 0.25) is 0 Å². The van der Waals surface area contributed by atoms with Crippen LogP contribution in [0.25, 0.3) is 0 Å². The first-order valence-electron chi connectivity index (χ1n) is 5.27. The van der Waals surface area contributed by atoms with Crippen molar-refractivity contribution < 1.29 is 4.79 Å². The van der Waals surface area contributed by atoms with Gasteiger partial charge in [-0.1, -0.05) is 0 Å². The molecular weight excluding hydrogens is 288 g/mol. The van der Waals surface area contributed by atoms with Gasteiger partial charge in [0, 0.05) is 11.0 Å². The number of unbranched alkanes of at least 4 members (excludes halogenated alkanes) is 1. The van der Waals surface area contributed by atoms with Gasteiger partial charge < -0.3 is 10.2 Å². The average molecular weight is 305 g/mol. The second-order valence-electron chi connectivity index (χ2n) is 3.86. The van der Waals surface area contributed by atoms with Crippen molar-refractivity contribution in [2.75, 3.05) is 27.2 Å². The smallest absolute Gasteiger partial charge is 0.262 e. The summed E-state index contributed by atoms with van der Waals surface area (Å²) in [7, 11) is 4.11. The highest BCUT2D eigenvalue weighted by Gasteiger charge is 2.09. The zero-order valence-corrected chi connectivity index (χ0v) is 12.0. The molecule has 16 heavy (non-hydrogen) atoms. The van der Waals surface area contributed by atoms with Crippen molar-refractivity contribution in [2.45, 2.75) is 12.8 Å². The molecule has 0 fully saturated rings. The van der Waals surface area contributed by atoms with Crippen molar-refractivity contribution in [2.24, 2.45) is 0 Å². The number of carbonyl (C=O) groups is 1. The minimum absolute atomic E-state index is 0.0201. The van der Waals surface area contributed by atoms with E-state index in [0.717, 1.165) is 35.3 Å². The van der Waals surface area contributed by atoms with Gasteiger partial charge in [0.2, 0.25) is 0 Å². The quantitative estimate of drug-likeness (QED) is 0.819. The second-order valence-corrected chi connectivity index (χ2v) is 5.63. The Morgan fingerprint density at radius 1 is 1.50 bits per heavy atom. The average Bonchev–Trinajstić information content (AvgIpc) is 2.63. The normalized spacial score (nSPS) is 10.8. The molecule has 0 aliphatic carbocycles. The SMILES string of the molecule is CN(C)CCCCNC(=O)c1sccc1Br. The van der Waals surface area contributed by atoms with Gasteiger partial charge >= 0.3 is 0 Å². The van der Waals surface area contributed by atoms with Gasteiger partial charge in [-0.3, -0.25) is 4.79 Å². The topological polar surface area (TPSA) is 32.3 Å². The Hall–Kier alpha value is -0.390. The molecule has 0 radical (unpaired) electrons. The van der Waals surface area contributed by atoms with Gasteiger partial charge in [-0.15, -0.1) is 11.3 Å². The zero-order chi connectivity index (χ0) is 12.0. The Labute approximate surface area is 109 Å². The number of amides is 1. The number of nitrogens with one attached hydrogen (secondary N) is 1. The summed E-state index contributed by atoms with van der Waals surface area (Å²) in [5.74, 6) is 0.0201. The number of thiophene rings is 1. The number of hydrogen-bond acceptors (Lipinski definition) is 3. The van der Waals surface area contributed by atoms with Crippen molar-refractivity contribution in [3.8, 4) is 0 Å². The first-order valence-corrected chi connectivity index (χ1v) is 6.94. The van der Waals surface area contributed by atoms with E-state index in [1.54, 1.807) is 0 Å². The molecule has 0 aromatic carbocycles. The molecule has 1 N–H and O–H groups in total. The summed E-state index contributed by atoms with van der Waals surface area (Å²) in [5.41, 5.74) is 0. The molecule has 1 aromatic rings. The van der Waals surface area contributed by atoms with E-state index in [1.807, 2.05) is 11.4 Å². The standard InChI is InChI=1S/C11H17BrN2OS/c1-14(2)7-4-3-6-13-11(15)10-9(12)5-8-16-10/h5,8H,3-4,6-7H2,1-2H3,(H,13,15). The van der Waals surface area contributed by atoms with Gasteiger partial charge in [0.15, 0.2) is 0 Å². The second kappa shape index (κ2) is 7.04. The summed E-state index contributed by atoms with van der Waals surface area (Å²) >= 11 is 4.81. The molecule has 0 bridgehead atoms. The monoisotopic (exact) mass is 304 g/mol. The van der Waals surface area contributed by atoms with Gasteiger partial charge in [0.25, 0.3) is 5.91 Å². The molecule has 1 heterocycles. The van der Waals surface area contributed by atoms with E-state index in [0.29, 0.717) is 0 Å². The Bertz CT molecular complexity index is 338. The van der Waals surface area contributed by atoms with Crippen LogP contribution in [-0.2, 0) is 0 Å². The minimum atomic E-state index is 0.0201. The Kier molecular flexibility index (Phi) is 6.01. The summed E-state index contributed by atoms with van der Waals surface area (Å²) in [6, 6.07) is 1.89. The maximum Gasteiger partial charge on any atom is 0.262 e. The number of halogens is 1. The van der Waals surface area contributed by atoms with E-state index >= 15 is 0 Å². The van der Waals surface area contributed by atoms with E-state index in [-0.39, 0.29) is 5.91 Å². The highest BCUT2D eigenvalue weighted by molar-refractivity contribution is 9.10. The van der Waals surface area contributed by atoms with Crippen LogP contribution in [0.3, 0.4) is 0 Å². The van der Waals surface area contributed by atoms with Crippen LogP contribution in [0.1, 0.15) is 22.5 Å². The molecule has 0 aliphatic rings. The maximum absolute atomic E-state index is 11.7. The van der Waals surface area contributed by atoms with Crippen molar-refractivity contribution >= 4 is 33.2 Å². The first kappa shape index (κ1) is 13.7. The van der Waals surface area contributed by atoms with Crippen molar-refractivity contribution in [3.05, 3.63) is 20.8 Å². The summed E-state index contributed by atoms with van der Waals surface area (Å²) in [6.07, 6.45) is 2.13. The van der Waals surface area contributed by atoms with Crippen LogP contribution in [0.15, 0.2) is 15.9 Å². The fraction of sp³-hybridized carbons (Fsp3) is 0.545. The largest absolute Gasteiger partial charge is 0.351 e. The number of nitrogens with zero attached hydrogens (tertiary/aromatic N) is 1. The van der Waals surface area contributed by atoms with Gasteiger partial charge in [0.1, 0.15) is 4.88 Å². The summed E-state index contributed by atoms with van der Waals surface area (Å²) in [6.45, 7) is 1.82. The van der Waals surface area contributed by atoms with Gasteiger partial charge in [-0.25, -0.2) is 0 Å². The predicted octanol–water partition coefficient (Wildman–Crippen LogP) is 2.58. The fourth-order valence-corrected chi connectivity index (χ4v) is 2.76. The Morgan fingerprint density at radius 2 is 2.25 bits per heavy atom. The highest BCUT2D eigenvalue weighted by atomic mass is 79.9. The van der Waals surface area contributed by atoms with Crippen molar-refractivity contribution in [1.29, 1.82) is 0 Å². The lowest BCUT2D eigenvalue weighted by atomic mass is 10.3. The molecule has 1 amide bonds. The first-order chi connectivity index (χ1) is 7.61. The minimum Gasteiger partial charge on any atom is -0.351 e. The molecule has 0 spiro atoms. The Morgan fingerprint density at radius 3 is 2.81 bits per heavy atom. The molecule has 0 aliphatic heterocycles. The van der Waals surface area contributed by atoms with E-state index in [9.17, 15) is 4.79 Å². The van der Waals surface area contributed by atoms with Crippen molar-refractivity contribution in [1.82, 2.24) is 10.2 Å². The predicted molar refractivity (Wildman–Crippen MR) is 72.1 cm³/mol. The zero-order valence-electron chi connectivity index (χ0n) is 9.62. The van der Waals surface area contributed by atoms with Crippen LogP contribution in [-0.4, -0.2) is 38.0 Å².